The monoisotopic (exact) mass is 474 g/mol. The Labute approximate surface area is 204 Å². The van der Waals surface area contributed by atoms with E-state index in [1.807, 2.05) is 41.3 Å². The van der Waals surface area contributed by atoms with Crippen molar-refractivity contribution >= 4 is 23.4 Å². The molecule has 2 atom stereocenters. The van der Waals surface area contributed by atoms with Gasteiger partial charge in [0.1, 0.15) is 5.75 Å². The molecule has 1 fully saturated rings. The summed E-state index contributed by atoms with van der Waals surface area (Å²) in [7, 11) is 1.64. The van der Waals surface area contributed by atoms with Gasteiger partial charge in [0.25, 0.3) is 5.91 Å². The van der Waals surface area contributed by atoms with E-state index in [2.05, 4.69) is 12.1 Å². The average molecular weight is 475 g/mol. The van der Waals surface area contributed by atoms with Gasteiger partial charge >= 0.3 is 0 Å². The molecule has 0 aromatic heterocycles. The summed E-state index contributed by atoms with van der Waals surface area (Å²) >= 11 is 6.13. The van der Waals surface area contributed by atoms with E-state index in [0.29, 0.717) is 36.8 Å². The molecule has 6 heteroatoms. The second-order valence-corrected chi connectivity index (χ2v) is 9.39. The van der Waals surface area contributed by atoms with E-state index in [-0.39, 0.29) is 23.7 Å². The molecule has 5 rings (SSSR count). The number of fused-ring (bicyclic) bond motifs is 1. The van der Waals surface area contributed by atoms with Crippen molar-refractivity contribution < 1.29 is 14.3 Å². The van der Waals surface area contributed by atoms with Gasteiger partial charge in [0.15, 0.2) is 0 Å². The lowest BCUT2D eigenvalue weighted by Crippen LogP contribution is -2.42. The molecule has 2 aliphatic heterocycles. The minimum absolute atomic E-state index is 0.0896. The van der Waals surface area contributed by atoms with Gasteiger partial charge in [-0.3, -0.25) is 9.59 Å². The fourth-order valence-corrected chi connectivity index (χ4v) is 5.42. The first-order chi connectivity index (χ1) is 16.5. The number of ether oxygens (including phenoxy) is 1. The van der Waals surface area contributed by atoms with Gasteiger partial charge < -0.3 is 14.5 Å². The molecule has 2 unspecified atom stereocenters. The fraction of sp³-hybridized carbons (Fsp3) is 0.286. The number of halogens is 1. The molecule has 0 bridgehead atoms. The van der Waals surface area contributed by atoms with E-state index >= 15 is 0 Å². The molecular formula is C28H27ClN2O3. The molecule has 2 aliphatic rings. The summed E-state index contributed by atoms with van der Waals surface area (Å²) in [6, 6.07) is 23.1. The lowest BCUT2D eigenvalue weighted by molar-refractivity contribution is -0.136. The molecule has 34 heavy (non-hydrogen) atoms. The molecule has 0 spiro atoms. The molecule has 0 N–H and O–H groups in total. The van der Waals surface area contributed by atoms with Crippen LogP contribution >= 0.6 is 11.6 Å². The van der Waals surface area contributed by atoms with Gasteiger partial charge in [-0.25, -0.2) is 0 Å². The molecule has 1 saturated heterocycles. The van der Waals surface area contributed by atoms with Crippen LogP contribution in [-0.2, 0) is 17.8 Å². The third-order valence-electron chi connectivity index (χ3n) is 6.98. The predicted octanol–water partition coefficient (Wildman–Crippen LogP) is 4.79. The van der Waals surface area contributed by atoms with Crippen LogP contribution in [0.2, 0.25) is 5.02 Å². The molecule has 5 nitrogen and oxygen atoms in total. The number of likely N-dealkylation sites (tertiary alicyclic amines) is 1. The van der Waals surface area contributed by atoms with Crippen molar-refractivity contribution in [3.8, 4) is 5.75 Å². The quantitative estimate of drug-likeness (QED) is 0.546. The Morgan fingerprint density at radius 1 is 0.912 bits per heavy atom. The summed E-state index contributed by atoms with van der Waals surface area (Å²) in [6.07, 6.45) is 0.846. The first kappa shape index (κ1) is 22.5. The topological polar surface area (TPSA) is 49.9 Å². The van der Waals surface area contributed by atoms with Crippen molar-refractivity contribution in [1.29, 1.82) is 0 Å². The van der Waals surface area contributed by atoms with Gasteiger partial charge in [-0.2, -0.15) is 0 Å². The normalized spacial score (nSPS) is 19.6. The molecule has 0 radical (unpaired) electrons. The summed E-state index contributed by atoms with van der Waals surface area (Å²) in [6.45, 7) is 2.11. The van der Waals surface area contributed by atoms with Crippen LogP contribution in [0.25, 0.3) is 0 Å². The fourth-order valence-electron chi connectivity index (χ4n) is 5.23. The second-order valence-electron chi connectivity index (χ2n) is 8.95. The van der Waals surface area contributed by atoms with E-state index in [1.165, 1.54) is 11.1 Å². The molecule has 3 aromatic rings. The number of para-hydroxylation sites is 1. The maximum absolute atomic E-state index is 13.9. The number of carbonyl (C=O) groups excluding carboxylic acids is 2. The molecular weight excluding hydrogens is 448 g/mol. The Hall–Kier alpha value is -3.31. The van der Waals surface area contributed by atoms with E-state index < -0.39 is 0 Å². The van der Waals surface area contributed by atoms with Gasteiger partial charge in [-0.1, -0.05) is 60.1 Å². The van der Waals surface area contributed by atoms with Crippen LogP contribution in [0.1, 0.15) is 33.0 Å². The van der Waals surface area contributed by atoms with Crippen LogP contribution in [0.3, 0.4) is 0 Å². The van der Waals surface area contributed by atoms with Crippen LogP contribution < -0.4 is 4.74 Å². The van der Waals surface area contributed by atoms with Crippen LogP contribution in [0.5, 0.6) is 5.75 Å². The zero-order valence-corrected chi connectivity index (χ0v) is 19.9. The number of hydrogen-bond donors (Lipinski definition) is 0. The maximum Gasteiger partial charge on any atom is 0.253 e. The van der Waals surface area contributed by atoms with Gasteiger partial charge in [0.2, 0.25) is 5.91 Å². The smallest absolute Gasteiger partial charge is 0.253 e. The minimum Gasteiger partial charge on any atom is -0.496 e. The van der Waals surface area contributed by atoms with E-state index in [0.717, 1.165) is 17.7 Å². The zero-order valence-electron chi connectivity index (χ0n) is 19.1. The molecule has 2 heterocycles. The number of hydrogen-bond acceptors (Lipinski definition) is 3. The lowest BCUT2D eigenvalue weighted by atomic mass is 9.86. The van der Waals surface area contributed by atoms with Gasteiger partial charge in [-0.15, -0.1) is 0 Å². The molecule has 0 saturated carbocycles. The third-order valence-corrected chi connectivity index (χ3v) is 7.21. The standard InChI is InChI=1S/C28H27ClN2O3/c1-34-26-12-5-4-11-23(26)24-17-31(27(32)20-9-6-10-22(29)15-20)18-25(24)28(33)30-14-13-19-7-2-3-8-21(19)16-30/h2-12,15,24-25H,13-14,16-18H2,1H3. The summed E-state index contributed by atoms with van der Waals surface area (Å²) in [4.78, 5) is 31.0. The second kappa shape index (κ2) is 9.51. The van der Waals surface area contributed by atoms with Crippen molar-refractivity contribution in [3.05, 3.63) is 100 Å². The lowest BCUT2D eigenvalue weighted by Gasteiger charge is -2.32. The number of rotatable bonds is 4. The highest BCUT2D eigenvalue weighted by Crippen LogP contribution is 2.39. The zero-order chi connectivity index (χ0) is 23.7. The van der Waals surface area contributed by atoms with E-state index in [1.54, 1.807) is 36.3 Å². The first-order valence-electron chi connectivity index (χ1n) is 11.6. The maximum atomic E-state index is 13.9. The van der Waals surface area contributed by atoms with Crippen LogP contribution in [-0.4, -0.2) is 48.4 Å². The summed E-state index contributed by atoms with van der Waals surface area (Å²) in [5.41, 5.74) is 3.99. The number of carbonyl (C=O) groups is 2. The number of benzene rings is 3. The SMILES string of the molecule is COc1ccccc1C1CN(C(=O)c2cccc(Cl)c2)CC1C(=O)N1CCc2ccccc2C1. The largest absolute Gasteiger partial charge is 0.496 e. The molecule has 2 amide bonds. The Balaban J connectivity index is 1.45. The highest BCUT2D eigenvalue weighted by molar-refractivity contribution is 6.30. The Bertz CT molecular complexity index is 1230. The van der Waals surface area contributed by atoms with Gasteiger partial charge in [0, 0.05) is 42.7 Å². The van der Waals surface area contributed by atoms with Crippen molar-refractivity contribution in [2.45, 2.75) is 18.9 Å². The van der Waals surface area contributed by atoms with E-state index in [4.69, 9.17) is 16.3 Å². The molecule has 0 aliphatic carbocycles. The minimum atomic E-state index is -0.343. The van der Waals surface area contributed by atoms with Crippen molar-refractivity contribution in [3.63, 3.8) is 0 Å². The highest BCUT2D eigenvalue weighted by atomic mass is 35.5. The third kappa shape index (κ3) is 4.28. The van der Waals surface area contributed by atoms with Crippen molar-refractivity contribution in [1.82, 2.24) is 9.80 Å². The molecule has 3 aromatic carbocycles. The number of nitrogens with zero attached hydrogens (tertiary/aromatic N) is 2. The molecule has 174 valence electrons. The Morgan fingerprint density at radius 2 is 1.68 bits per heavy atom. The van der Waals surface area contributed by atoms with Crippen molar-refractivity contribution in [2.75, 3.05) is 26.7 Å². The number of methoxy groups -OCH3 is 1. The number of amides is 2. The van der Waals surface area contributed by atoms with Crippen molar-refractivity contribution in [2.24, 2.45) is 5.92 Å². The van der Waals surface area contributed by atoms with E-state index in [9.17, 15) is 9.59 Å². The Morgan fingerprint density at radius 3 is 2.47 bits per heavy atom. The summed E-state index contributed by atoms with van der Waals surface area (Å²) in [5, 5.41) is 0.519. The summed E-state index contributed by atoms with van der Waals surface area (Å²) < 4.78 is 5.63. The van der Waals surface area contributed by atoms with Crippen LogP contribution in [0, 0.1) is 5.92 Å². The van der Waals surface area contributed by atoms with Gasteiger partial charge in [-0.05, 0) is 47.4 Å². The van der Waals surface area contributed by atoms with Crippen LogP contribution in [0.4, 0.5) is 0 Å². The first-order valence-corrected chi connectivity index (χ1v) is 12.0. The Kier molecular flexibility index (Phi) is 6.29. The highest BCUT2D eigenvalue weighted by Gasteiger charge is 2.43. The van der Waals surface area contributed by atoms with Gasteiger partial charge in [0.05, 0.1) is 13.0 Å². The predicted molar refractivity (Wildman–Crippen MR) is 132 cm³/mol. The van der Waals surface area contributed by atoms with Crippen LogP contribution in [0.15, 0.2) is 72.8 Å². The summed E-state index contributed by atoms with van der Waals surface area (Å²) in [5.74, 6) is 0.230. The average Bonchev–Trinajstić information content (AvgIpc) is 3.32.